The number of carbonyl (C=O) groups is 2. The summed E-state index contributed by atoms with van der Waals surface area (Å²) in [6.07, 6.45) is 1.02. The van der Waals surface area contributed by atoms with E-state index in [1.165, 1.54) is 0 Å². The number of allylic oxidation sites excluding steroid dienone is 1. The second-order valence-electron chi connectivity index (χ2n) is 8.63. The molecular formula is C27H29NO4. The molecule has 0 spiro atoms. The van der Waals surface area contributed by atoms with Crippen LogP contribution in [0.4, 0.5) is 4.79 Å². The second-order valence-corrected chi connectivity index (χ2v) is 8.63. The minimum Gasteiger partial charge on any atom is -0.459 e. The first kappa shape index (κ1) is 23.1. The zero-order valence-corrected chi connectivity index (χ0v) is 18.9. The first-order valence-corrected chi connectivity index (χ1v) is 10.6. The van der Waals surface area contributed by atoms with E-state index >= 15 is 0 Å². The van der Waals surface area contributed by atoms with E-state index in [9.17, 15) is 9.59 Å². The van der Waals surface area contributed by atoms with Crippen molar-refractivity contribution >= 4 is 28.4 Å². The molecule has 1 atom stereocenters. The molecule has 0 heterocycles. The lowest BCUT2D eigenvalue weighted by molar-refractivity contribution is -0.146. The Balaban J connectivity index is 1.82. The van der Waals surface area contributed by atoms with E-state index in [1.54, 1.807) is 26.8 Å². The van der Waals surface area contributed by atoms with Gasteiger partial charge in [0.25, 0.3) is 0 Å². The summed E-state index contributed by atoms with van der Waals surface area (Å²) >= 11 is 0. The van der Waals surface area contributed by atoms with Crippen LogP contribution in [0, 0.1) is 0 Å². The standard InChI is InChI=1S/C27H29NO4/c1-19(22-15-14-21-12-8-9-13-23(21)17-22)16-24(28-26(30)32-27(2,3)4)25(29)31-18-20-10-6-5-7-11-20/h5-17,24H,18H2,1-4H3,(H,28,30)/b19-16+. The molecule has 0 saturated carbocycles. The summed E-state index contributed by atoms with van der Waals surface area (Å²) in [7, 11) is 0. The summed E-state index contributed by atoms with van der Waals surface area (Å²) in [5.41, 5.74) is 1.98. The Hall–Kier alpha value is -3.60. The van der Waals surface area contributed by atoms with Gasteiger partial charge in [0.1, 0.15) is 18.2 Å². The van der Waals surface area contributed by atoms with E-state index in [0.29, 0.717) is 0 Å². The van der Waals surface area contributed by atoms with Crippen LogP contribution >= 0.6 is 0 Å². The third kappa shape index (κ3) is 6.71. The number of amides is 1. The smallest absolute Gasteiger partial charge is 0.408 e. The SMILES string of the molecule is C/C(=C\C(NC(=O)OC(C)(C)C)C(=O)OCc1ccccc1)c1ccc2ccccc2c1. The molecule has 3 aromatic carbocycles. The van der Waals surface area contributed by atoms with Crippen molar-refractivity contribution in [2.45, 2.75) is 45.9 Å². The molecule has 0 fully saturated rings. The Bertz CT molecular complexity index is 1110. The van der Waals surface area contributed by atoms with Gasteiger partial charge in [-0.15, -0.1) is 0 Å². The van der Waals surface area contributed by atoms with Gasteiger partial charge in [-0.1, -0.05) is 66.7 Å². The van der Waals surface area contributed by atoms with E-state index < -0.39 is 23.7 Å². The zero-order chi connectivity index (χ0) is 23.1. The van der Waals surface area contributed by atoms with Gasteiger partial charge in [-0.2, -0.15) is 0 Å². The summed E-state index contributed by atoms with van der Waals surface area (Å²) in [5.74, 6) is -0.556. The molecule has 0 aliphatic carbocycles. The zero-order valence-electron chi connectivity index (χ0n) is 18.9. The van der Waals surface area contributed by atoms with Gasteiger partial charge in [0.15, 0.2) is 0 Å². The minimum atomic E-state index is -0.986. The van der Waals surface area contributed by atoms with Crippen LogP contribution in [-0.2, 0) is 20.9 Å². The van der Waals surface area contributed by atoms with Crippen LogP contribution in [-0.4, -0.2) is 23.7 Å². The van der Waals surface area contributed by atoms with Gasteiger partial charge >= 0.3 is 12.1 Å². The van der Waals surface area contributed by atoms with Gasteiger partial charge in [-0.05, 0) is 67.3 Å². The monoisotopic (exact) mass is 431 g/mol. The molecule has 1 unspecified atom stereocenters. The molecule has 0 aliphatic heterocycles. The van der Waals surface area contributed by atoms with Crippen molar-refractivity contribution in [3.8, 4) is 0 Å². The van der Waals surface area contributed by atoms with Crippen molar-refractivity contribution in [3.63, 3.8) is 0 Å². The summed E-state index contributed by atoms with van der Waals surface area (Å²) in [6.45, 7) is 7.33. The van der Waals surface area contributed by atoms with Crippen molar-refractivity contribution in [1.82, 2.24) is 5.32 Å². The van der Waals surface area contributed by atoms with E-state index in [1.807, 2.05) is 73.7 Å². The number of alkyl carbamates (subject to hydrolysis) is 1. The van der Waals surface area contributed by atoms with E-state index in [-0.39, 0.29) is 6.61 Å². The fourth-order valence-corrected chi connectivity index (χ4v) is 3.20. The maximum atomic E-state index is 12.9. The summed E-state index contributed by atoms with van der Waals surface area (Å²) in [4.78, 5) is 25.2. The van der Waals surface area contributed by atoms with Crippen molar-refractivity contribution in [3.05, 3.63) is 90.0 Å². The lowest BCUT2D eigenvalue weighted by Gasteiger charge is -2.22. The fourth-order valence-electron chi connectivity index (χ4n) is 3.20. The Morgan fingerprint density at radius 1 is 0.938 bits per heavy atom. The Kier molecular flexibility index (Phi) is 7.31. The van der Waals surface area contributed by atoms with Crippen LogP contribution < -0.4 is 5.32 Å². The van der Waals surface area contributed by atoms with Crippen molar-refractivity contribution in [2.24, 2.45) is 0 Å². The Morgan fingerprint density at radius 2 is 1.59 bits per heavy atom. The highest BCUT2D eigenvalue weighted by atomic mass is 16.6. The molecule has 1 N–H and O–H groups in total. The highest BCUT2D eigenvalue weighted by Crippen LogP contribution is 2.21. The minimum absolute atomic E-state index is 0.120. The van der Waals surface area contributed by atoms with Crippen LogP contribution in [0.25, 0.3) is 16.3 Å². The quantitative estimate of drug-likeness (QED) is 0.495. The highest BCUT2D eigenvalue weighted by molar-refractivity contribution is 5.88. The molecule has 0 aliphatic rings. The van der Waals surface area contributed by atoms with Gasteiger partial charge in [0, 0.05) is 0 Å². The topological polar surface area (TPSA) is 64.6 Å². The Labute approximate surface area is 189 Å². The first-order chi connectivity index (χ1) is 15.2. The first-order valence-electron chi connectivity index (χ1n) is 10.6. The fraction of sp³-hybridized carbons (Fsp3) is 0.259. The molecule has 3 aromatic rings. The number of benzene rings is 3. The predicted molar refractivity (Wildman–Crippen MR) is 127 cm³/mol. The second kappa shape index (κ2) is 10.1. The number of esters is 1. The van der Waals surface area contributed by atoms with Crippen LogP contribution in [0.5, 0.6) is 0 Å². The average Bonchev–Trinajstić information content (AvgIpc) is 2.76. The maximum Gasteiger partial charge on any atom is 0.408 e. The normalized spacial score (nSPS) is 12.8. The molecule has 32 heavy (non-hydrogen) atoms. The van der Waals surface area contributed by atoms with Gasteiger partial charge in [0.05, 0.1) is 0 Å². The van der Waals surface area contributed by atoms with E-state index in [0.717, 1.165) is 27.5 Å². The largest absolute Gasteiger partial charge is 0.459 e. The summed E-state index contributed by atoms with van der Waals surface area (Å²) < 4.78 is 10.8. The van der Waals surface area contributed by atoms with E-state index in [2.05, 4.69) is 11.4 Å². The molecule has 0 bridgehead atoms. The van der Waals surface area contributed by atoms with Crippen LogP contribution in [0.2, 0.25) is 0 Å². The number of nitrogens with one attached hydrogen (secondary N) is 1. The molecule has 0 aromatic heterocycles. The number of hydrogen-bond donors (Lipinski definition) is 1. The van der Waals surface area contributed by atoms with Gasteiger partial charge in [-0.25, -0.2) is 9.59 Å². The van der Waals surface area contributed by atoms with E-state index in [4.69, 9.17) is 9.47 Å². The molecule has 3 rings (SSSR count). The molecule has 0 saturated heterocycles. The van der Waals surface area contributed by atoms with Crippen molar-refractivity contribution < 1.29 is 19.1 Å². The molecule has 1 amide bonds. The third-order valence-electron chi connectivity index (χ3n) is 4.77. The van der Waals surface area contributed by atoms with Crippen LogP contribution in [0.1, 0.15) is 38.8 Å². The van der Waals surface area contributed by atoms with Crippen molar-refractivity contribution in [1.29, 1.82) is 0 Å². The van der Waals surface area contributed by atoms with Gasteiger partial charge in [0.2, 0.25) is 0 Å². The Morgan fingerprint density at radius 3 is 2.28 bits per heavy atom. The molecule has 5 heteroatoms. The molecular weight excluding hydrogens is 402 g/mol. The molecule has 0 radical (unpaired) electrons. The maximum absolute atomic E-state index is 12.9. The molecule has 5 nitrogen and oxygen atoms in total. The predicted octanol–water partition coefficient (Wildman–Crippen LogP) is 5.88. The summed E-state index contributed by atoms with van der Waals surface area (Å²) in [5, 5.41) is 4.87. The van der Waals surface area contributed by atoms with Gasteiger partial charge in [-0.3, -0.25) is 0 Å². The summed E-state index contributed by atoms with van der Waals surface area (Å²) in [6, 6.07) is 22.6. The number of hydrogen-bond acceptors (Lipinski definition) is 4. The van der Waals surface area contributed by atoms with Crippen molar-refractivity contribution in [2.75, 3.05) is 0 Å². The average molecular weight is 432 g/mol. The number of ether oxygens (including phenoxy) is 2. The third-order valence-corrected chi connectivity index (χ3v) is 4.77. The number of carbonyl (C=O) groups excluding carboxylic acids is 2. The lowest BCUT2D eigenvalue weighted by atomic mass is 10.0. The molecule has 166 valence electrons. The van der Waals surface area contributed by atoms with Crippen LogP contribution in [0.3, 0.4) is 0 Å². The number of rotatable bonds is 6. The lowest BCUT2D eigenvalue weighted by Crippen LogP contribution is -2.43. The highest BCUT2D eigenvalue weighted by Gasteiger charge is 2.24. The number of fused-ring (bicyclic) bond motifs is 1. The van der Waals surface area contributed by atoms with Crippen LogP contribution in [0.15, 0.2) is 78.9 Å². The van der Waals surface area contributed by atoms with Gasteiger partial charge < -0.3 is 14.8 Å².